The number of nitrogens with zero attached hydrogens (tertiary/aromatic N) is 1. The highest BCUT2D eigenvalue weighted by Crippen LogP contribution is 2.00. The Balaban J connectivity index is 3.42. The van der Waals surface area contributed by atoms with Gasteiger partial charge in [-0.15, -0.1) is 6.58 Å². The van der Waals surface area contributed by atoms with Gasteiger partial charge in [0.1, 0.15) is 0 Å². The highest BCUT2D eigenvalue weighted by Gasteiger charge is 2.12. The zero-order chi connectivity index (χ0) is 13.9. The number of nitrogens with one attached hydrogen (secondary N) is 1. The van der Waals surface area contributed by atoms with Crippen LogP contribution >= 0.6 is 0 Å². The van der Waals surface area contributed by atoms with E-state index in [1.807, 2.05) is 13.0 Å². The van der Waals surface area contributed by atoms with Crippen LogP contribution in [0.2, 0.25) is 0 Å². The zero-order valence-electron chi connectivity index (χ0n) is 11.8. The molecular formula is C13H28N2O2S. The van der Waals surface area contributed by atoms with E-state index in [1.54, 1.807) is 0 Å². The number of rotatable bonds is 12. The van der Waals surface area contributed by atoms with Crippen molar-refractivity contribution in [1.82, 2.24) is 9.62 Å². The Morgan fingerprint density at radius 1 is 1.17 bits per heavy atom. The third kappa shape index (κ3) is 9.62. The molecule has 0 bridgehead atoms. The lowest BCUT2D eigenvalue weighted by Crippen LogP contribution is -2.32. The first-order valence-electron chi connectivity index (χ1n) is 6.79. The van der Waals surface area contributed by atoms with E-state index in [0.29, 0.717) is 13.1 Å². The molecule has 0 aromatic heterocycles. The summed E-state index contributed by atoms with van der Waals surface area (Å²) in [7, 11) is -3.03. The fraction of sp³-hybridized carbons (Fsp3) is 0.846. The number of hydrogen-bond acceptors (Lipinski definition) is 3. The van der Waals surface area contributed by atoms with Gasteiger partial charge < -0.3 is 5.32 Å². The summed E-state index contributed by atoms with van der Waals surface area (Å²) in [4.78, 5) is 0. The molecule has 0 heterocycles. The number of unbranched alkanes of at least 4 members (excludes halogenated alkanes) is 3. The van der Waals surface area contributed by atoms with Gasteiger partial charge in [0.2, 0.25) is 10.0 Å². The van der Waals surface area contributed by atoms with Crippen LogP contribution in [0.1, 0.15) is 39.0 Å². The van der Waals surface area contributed by atoms with Crippen LogP contribution in [0.25, 0.3) is 0 Å². The molecule has 1 N–H and O–H groups in total. The molecule has 0 fully saturated rings. The van der Waals surface area contributed by atoms with Gasteiger partial charge in [0.05, 0.1) is 6.26 Å². The molecule has 0 amide bonds. The van der Waals surface area contributed by atoms with Crippen molar-refractivity contribution in [2.75, 3.05) is 32.4 Å². The summed E-state index contributed by atoms with van der Waals surface area (Å²) in [6.45, 7) is 8.63. The van der Waals surface area contributed by atoms with E-state index >= 15 is 0 Å². The van der Waals surface area contributed by atoms with Crippen LogP contribution < -0.4 is 5.32 Å². The number of sulfonamides is 1. The molecule has 0 radical (unpaired) electrons. The van der Waals surface area contributed by atoms with E-state index in [9.17, 15) is 8.42 Å². The van der Waals surface area contributed by atoms with Gasteiger partial charge in [-0.1, -0.05) is 19.4 Å². The van der Waals surface area contributed by atoms with Crippen LogP contribution in [0.15, 0.2) is 12.7 Å². The van der Waals surface area contributed by atoms with Crippen LogP contribution in [0, 0.1) is 0 Å². The highest BCUT2D eigenvalue weighted by atomic mass is 32.2. The second-order valence-electron chi connectivity index (χ2n) is 4.50. The lowest BCUT2D eigenvalue weighted by atomic mass is 10.2. The predicted molar refractivity (Wildman–Crippen MR) is 78.2 cm³/mol. The van der Waals surface area contributed by atoms with Gasteiger partial charge in [0, 0.05) is 13.1 Å². The minimum absolute atomic E-state index is 0.556. The van der Waals surface area contributed by atoms with Crippen molar-refractivity contribution in [3.8, 4) is 0 Å². The fourth-order valence-corrected chi connectivity index (χ4v) is 2.71. The summed E-state index contributed by atoms with van der Waals surface area (Å²) in [5, 5.41) is 3.35. The second-order valence-corrected chi connectivity index (χ2v) is 6.48. The van der Waals surface area contributed by atoms with E-state index in [0.717, 1.165) is 25.9 Å². The molecule has 0 saturated heterocycles. The monoisotopic (exact) mass is 276 g/mol. The van der Waals surface area contributed by atoms with E-state index in [-0.39, 0.29) is 0 Å². The van der Waals surface area contributed by atoms with Gasteiger partial charge in [-0.2, -0.15) is 0 Å². The minimum Gasteiger partial charge on any atom is -0.317 e. The molecule has 0 aliphatic heterocycles. The normalized spacial score (nSPS) is 11.9. The maximum atomic E-state index is 11.3. The quantitative estimate of drug-likeness (QED) is 0.438. The third-order valence-corrected chi connectivity index (χ3v) is 4.22. The molecule has 18 heavy (non-hydrogen) atoms. The van der Waals surface area contributed by atoms with Crippen molar-refractivity contribution in [2.24, 2.45) is 0 Å². The molecule has 0 spiro atoms. The van der Waals surface area contributed by atoms with E-state index in [1.165, 1.54) is 29.8 Å². The fourth-order valence-electron chi connectivity index (χ4n) is 1.78. The summed E-state index contributed by atoms with van der Waals surface area (Å²) < 4.78 is 24.2. The van der Waals surface area contributed by atoms with Gasteiger partial charge in [0.15, 0.2) is 0 Å². The predicted octanol–water partition coefficient (Wildman–Crippen LogP) is 1.99. The number of allylic oxidation sites excluding steroid dienone is 1. The summed E-state index contributed by atoms with van der Waals surface area (Å²) in [6, 6.07) is 0. The molecule has 0 atom stereocenters. The Hall–Kier alpha value is -0.390. The molecule has 0 aromatic rings. The Morgan fingerprint density at radius 3 is 2.39 bits per heavy atom. The molecule has 0 rings (SSSR count). The first-order valence-corrected chi connectivity index (χ1v) is 8.64. The lowest BCUT2D eigenvalue weighted by Gasteiger charge is -2.17. The van der Waals surface area contributed by atoms with Gasteiger partial charge in [-0.25, -0.2) is 12.7 Å². The lowest BCUT2D eigenvalue weighted by molar-refractivity contribution is 0.418. The van der Waals surface area contributed by atoms with Gasteiger partial charge in [0.25, 0.3) is 0 Å². The summed E-state index contributed by atoms with van der Waals surface area (Å²) in [5.41, 5.74) is 0. The van der Waals surface area contributed by atoms with Crippen LogP contribution in [0.3, 0.4) is 0 Å². The Labute approximate surface area is 112 Å². The van der Waals surface area contributed by atoms with Crippen LogP contribution in [0.4, 0.5) is 0 Å². The standard InChI is InChI=1S/C13H28N2O2S/c1-4-6-7-8-9-11-14-12-10-13-15(5-2)18(3,16)17/h4,14H,1,5-13H2,2-3H3. The molecule has 4 nitrogen and oxygen atoms in total. The molecular weight excluding hydrogens is 248 g/mol. The zero-order valence-corrected chi connectivity index (χ0v) is 12.6. The highest BCUT2D eigenvalue weighted by molar-refractivity contribution is 7.88. The molecule has 5 heteroatoms. The topological polar surface area (TPSA) is 49.4 Å². The molecule has 108 valence electrons. The van der Waals surface area contributed by atoms with Crippen molar-refractivity contribution < 1.29 is 8.42 Å². The van der Waals surface area contributed by atoms with Crippen LogP contribution in [-0.2, 0) is 10.0 Å². The smallest absolute Gasteiger partial charge is 0.211 e. The van der Waals surface area contributed by atoms with Crippen molar-refractivity contribution in [3.63, 3.8) is 0 Å². The maximum Gasteiger partial charge on any atom is 0.211 e. The molecule has 0 aromatic carbocycles. The molecule has 0 aliphatic carbocycles. The molecule has 0 saturated carbocycles. The summed E-state index contributed by atoms with van der Waals surface area (Å²) >= 11 is 0. The van der Waals surface area contributed by atoms with Crippen LogP contribution in [0.5, 0.6) is 0 Å². The SMILES string of the molecule is C=CCCCCCNCCCN(CC)S(C)(=O)=O. The van der Waals surface area contributed by atoms with E-state index < -0.39 is 10.0 Å². The van der Waals surface area contributed by atoms with E-state index in [2.05, 4.69) is 11.9 Å². The van der Waals surface area contributed by atoms with Crippen molar-refractivity contribution >= 4 is 10.0 Å². The maximum absolute atomic E-state index is 11.3. The largest absolute Gasteiger partial charge is 0.317 e. The first-order chi connectivity index (χ1) is 8.52. The van der Waals surface area contributed by atoms with Crippen LogP contribution in [-0.4, -0.2) is 45.2 Å². The Morgan fingerprint density at radius 2 is 1.83 bits per heavy atom. The van der Waals surface area contributed by atoms with Crippen molar-refractivity contribution in [1.29, 1.82) is 0 Å². The van der Waals surface area contributed by atoms with E-state index in [4.69, 9.17) is 0 Å². The van der Waals surface area contributed by atoms with Gasteiger partial charge >= 0.3 is 0 Å². The Bertz CT molecular complexity index is 302. The molecule has 0 unspecified atom stereocenters. The Kier molecular flexibility index (Phi) is 10.3. The summed E-state index contributed by atoms with van der Waals surface area (Å²) in [6.07, 6.45) is 8.80. The average molecular weight is 276 g/mol. The van der Waals surface area contributed by atoms with Gasteiger partial charge in [-0.05, 0) is 38.8 Å². The first kappa shape index (κ1) is 17.6. The van der Waals surface area contributed by atoms with Crippen molar-refractivity contribution in [2.45, 2.75) is 39.0 Å². The van der Waals surface area contributed by atoms with Crippen molar-refractivity contribution in [3.05, 3.63) is 12.7 Å². The summed E-state index contributed by atoms with van der Waals surface area (Å²) in [5.74, 6) is 0. The van der Waals surface area contributed by atoms with Gasteiger partial charge in [-0.3, -0.25) is 0 Å². The average Bonchev–Trinajstić information content (AvgIpc) is 2.30. The third-order valence-electron chi connectivity index (χ3n) is 2.84. The minimum atomic E-state index is -3.03. The second kappa shape index (κ2) is 10.5. The molecule has 0 aliphatic rings. The number of hydrogen-bond donors (Lipinski definition) is 1.